The van der Waals surface area contributed by atoms with E-state index in [1.165, 1.54) is 30.3 Å². The number of halogens is 2. The second-order valence-corrected chi connectivity index (χ2v) is 6.03. The molecule has 0 spiro atoms. The predicted molar refractivity (Wildman–Crippen MR) is 98.9 cm³/mol. The third kappa shape index (κ3) is 5.06. The van der Waals surface area contributed by atoms with E-state index >= 15 is 0 Å². The molecule has 122 valence electrons. The smallest absolute Gasteiger partial charge is 0.266 e. The number of ether oxygens (including phenoxy) is 1. The highest BCUT2D eigenvalue weighted by molar-refractivity contribution is 14.1. The molecular formula is C18H14FIN2O2. The van der Waals surface area contributed by atoms with E-state index in [2.05, 4.69) is 27.9 Å². The number of nitriles is 1. The molecule has 0 aliphatic heterocycles. The summed E-state index contributed by atoms with van der Waals surface area (Å²) in [7, 11) is 0. The fourth-order valence-electron chi connectivity index (χ4n) is 1.96. The van der Waals surface area contributed by atoms with Crippen LogP contribution in [0, 0.1) is 20.7 Å². The van der Waals surface area contributed by atoms with Gasteiger partial charge in [0.25, 0.3) is 5.91 Å². The van der Waals surface area contributed by atoms with Crippen molar-refractivity contribution in [2.45, 2.75) is 6.92 Å². The molecule has 0 fully saturated rings. The Morgan fingerprint density at radius 2 is 2.04 bits per heavy atom. The zero-order chi connectivity index (χ0) is 17.5. The van der Waals surface area contributed by atoms with E-state index in [1.807, 2.05) is 25.1 Å². The van der Waals surface area contributed by atoms with Gasteiger partial charge in [0.15, 0.2) is 0 Å². The molecule has 2 rings (SSSR count). The van der Waals surface area contributed by atoms with Gasteiger partial charge in [-0.2, -0.15) is 5.26 Å². The Bertz CT molecular complexity index is 811. The minimum absolute atomic E-state index is 0.0521. The summed E-state index contributed by atoms with van der Waals surface area (Å²) >= 11 is 2.14. The van der Waals surface area contributed by atoms with Gasteiger partial charge in [0.2, 0.25) is 0 Å². The highest BCUT2D eigenvalue weighted by Crippen LogP contribution is 2.21. The lowest BCUT2D eigenvalue weighted by Gasteiger charge is -2.06. The topological polar surface area (TPSA) is 62.1 Å². The molecule has 1 amide bonds. The molecule has 2 aromatic carbocycles. The molecule has 4 nitrogen and oxygen atoms in total. The van der Waals surface area contributed by atoms with Crippen LogP contribution in [0.4, 0.5) is 10.1 Å². The fraction of sp³-hybridized carbons (Fsp3) is 0.111. The Morgan fingerprint density at radius 3 is 2.67 bits per heavy atom. The van der Waals surface area contributed by atoms with Gasteiger partial charge in [0.05, 0.1) is 6.61 Å². The van der Waals surface area contributed by atoms with Crippen molar-refractivity contribution in [2.24, 2.45) is 0 Å². The number of carbonyl (C=O) groups is 1. The SMILES string of the molecule is CCOc1cc(I)cc(/C=C(\C#N)C(=O)Nc2ccc(F)cc2)c1. The van der Waals surface area contributed by atoms with Crippen molar-refractivity contribution in [3.8, 4) is 11.8 Å². The zero-order valence-corrected chi connectivity index (χ0v) is 15.0. The Balaban J connectivity index is 2.23. The lowest BCUT2D eigenvalue weighted by molar-refractivity contribution is -0.112. The van der Waals surface area contributed by atoms with Crippen LogP contribution in [0.3, 0.4) is 0 Å². The number of carbonyl (C=O) groups excluding carboxylic acids is 1. The highest BCUT2D eigenvalue weighted by atomic mass is 127. The first-order valence-corrected chi connectivity index (χ1v) is 8.22. The van der Waals surface area contributed by atoms with Crippen LogP contribution in [0.25, 0.3) is 6.08 Å². The summed E-state index contributed by atoms with van der Waals surface area (Å²) < 4.78 is 19.3. The molecule has 0 atom stereocenters. The molecule has 0 saturated carbocycles. The van der Waals surface area contributed by atoms with Crippen LogP contribution in [0.1, 0.15) is 12.5 Å². The van der Waals surface area contributed by atoms with Crippen LogP contribution in [-0.2, 0) is 4.79 Å². The van der Waals surface area contributed by atoms with Crippen molar-refractivity contribution in [2.75, 3.05) is 11.9 Å². The maximum Gasteiger partial charge on any atom is 0.266 e. The van der Waals surface area contributed by atoms with Crippen molar-refractivity contribution >= 4 is 40.3 Å². The number of rotatable bonds is 5. The molecule has 0 aliphatic carbocycles. The highest BCUT2D eigenvalue weighted by Gasteiger charge is 2.10. The molecule has 24 heavy (non-hydrogen) atoms. The largest absolute Gasteiger partial charge is 0.494 e. The molecule has 0 heterocycles. The van der Waals surface area contributed by atoms with Gasteiger partial charge in [0, 0.05) is 9.26 Å². The number of benzene rings is 2. The first-order valence-electron chi connectivity index (χ1n) is 7.14. The first-order chi connectivity index (χ1) is 11.5. The van der Waals surface area contributed by atoms with Gasteiger partial charge in [-0.15, -0.1) is 0 Å². The second kappa shape index (κ2) is 8.45. The van der Waals surface area contributed by atoms with Gasteiger partial charge < -0.3 is 10.1 Å². The van der Waals surface area contributed by atoms with Crippen LogP contribution in [-0.4, -0.2) is 12.5 Å². The number of hydrogen-bond donors (Lipinski definition) is 1. The minimum atomic E-state index is -0.555. The van der Waals surface area contributed by atoms with Gasteiger partial charge in [-0.1, -0.05) is 0 Å². The van der Waals surface area contributed by atoms with E-state index in [-0.39, 0.29) is 5.57 Å². The normalized spacial score (nSPS) is 10.8. The van der Waals surface area contributed by atoms with Crippen LogP contribution in [0.15, 0.2) is 48.0 Å². The molecule has 0 aliphatic rings. The molecule has 0 aromatic heterocycles. The average Bonchev–Trinajstić information content (AvgIpc) is 2.54. The number of amides is 1. The van der Waals surface area contributed by atoms with Crippen LogP contribution in [0.2, 0.25) is 0 Å². The lowest BCUT2D eigenvalue weighted by atomic mass is 10.1. The molecule has 2 aromatic rings. The predicted octanol–water partition coefficient (Wildman–Crippen LogP) is 4.37. The van der Waals surface area contributed by atoms with Gasteiger partial charge in [-0.25, -0.2) is 4.39 Å². The van der Waals surface area contributed by atoms with E-state index in [4.69, 9.17) is 4.74 Å². The van der Waals surface area contributed by atoms with Crippen molar-refractivity contribution < 1.29 is 13.9 Å². The fourth-order valence-corrected chi connectivity index (χ4v) is 2.63. The maximum atomic E-state index is 12.9. The summed E-state index contributed by atoms with van der Waals surface area (Å²) in [6, 6.07) is 12.7. The van der Waals surface area contributed by atoms with Crippen LogP contribution < -0.4 is 10.1 Å². The number of anilines is 1. The molecule has 0 saturated heterocycles. The third-order valence-electron chi connectivity index (χ3n) is 2.98. The first kappa shape index (κ1) is 17.9. The number of nitrogens with zero attached hydrogens (tertiary/aromatic N) is 1. The van der Waals surface area contributed by atoms with Crippen molar-refractivity contribution in [3.63, 3.8) is 0 Å². The summed E-state index contributed by atoms with van der Waals surface area (Å²) in [5, 5.41) is 11.8. The van der Waals surface area contributed by atoms with Crippen molar-refractivity contribution in [1.82, 2.24) is 0 Å². The average molecular weight is 436 g/mol. The van der Waals surface area contributed by atoms with Crippen LogP contribution >= 0.6 is 22.6 Å². The summed E-state index contributed by atoms with van der Waals surface area (Å²) in [5.74, 6) is -0.279. The Labute approximate surface area is 153 Å². The van der Waals surface area contributed by atoms with Crippen LogP contribution in [0.5, 0.6) is 5.75 Å². The van der Waals surface area contributed by atoms with E-state index in [1.54, 1.807) is 6.07 Å². The zero-order valence-electron chi connectivity index (χ0n) is 12.8. The number of hydrogen-bond acceptors (Lipinski definition) is 3. The van der Waals surface area contributed by atoms with Crippen molar-refractivity contribution in [3.05, 3.63) is 63.0 Å². The summed E-state index contributed by atoms with van der Waals surface area (Å²) in [5.41, 5.74) is 1.06. The van der Waals surface area contributed by atoms with Gasteiger partial charge >= 0.3 is 0 Å². The second-order valence-electron chi connectivity index (χ2n) is 4.78. The molecule has 1 N–H and O–H groups in total. The Kier molecular flexibility index (Phi) is 6.32. The van der Waals surface area contributed by atoms with E-state index in [0.717, 1.165) is 3.57 Å². The molecule has 0 unspecified atom stereocenters. The standard InChI is InChI=1S/C18H14FIN2O2/c1-2-24-17-9-12(8-15(20)10-17)7-13(11-21)18(23)22-16-5-3-14(19)4-6-16/h3-10H,2H2,1H3,(H,22,23)/b13-7+. The lowest BCUT2D eigenvalue weighted by Crippen LogP contribution is -2.13. The monoisotopic (exact) mass is 436 g/mol. The van der Waals surface area contributed by atoms with E-state index in [0.29, 0.717) is 23.6 Å². The molecule has 6 heteroatoms. The molecular weight excluding hydrogens is 422 g/mol. The summed E-state index contributed by atoms with van der Waals surface area (Å²) in [4.78, 5) is 12.2. The quantitative estimate of drug-likeness (QED) is 0.430. The van der Waals surface area contributed by atoms with E-state index < -0.39 is 11.7 Å². The molecule has 0 bridgehead atoms. The van der Waals surface area contributed by atoms with Crippen molar-refractivity contribution in [1.29, 1.82) is 5.26 Å². The van der Waals surface area contributed by atoms with Gasteiger partial charge in [-0.3, -0.25) is 4.79 Å². The van der Waals surface area contributed by atoms with Gasteiger partial charge in [0.1, 0.15) is 23.2 Å². The number of nitrogens with one attached hydrogen (secondary N) is 1. The Morgan fingerprint density at radius 1 is 1.33 bits per heavy atom. The minimum Gasteiger partial charge on any atom is -0.494 e. The Hall–Kier alpha value is -2.40. The maximum absolute atomic E-state index is 12.9. The van der Waals surface area contributed by atoms with E-state index in [9.17, 15) is 14.4 Å². The molecule has 0 radical (unpaired) electrons. The summed E-state index contributed by atoms with van der Waals surface area (Å²) in [6.07, 6.45) is 1.49. The van der Waals surface area contributed by atoms with Gasteiger partial charge in [-0.05, 0) is 83.6 Å². The third-order valence-corrected chi connectivity index (χ3v) is 3.61. The summed E-state index contributed by atoms with van der Waals surface area (Å²) in [6.45, 7) is 2.41.